The normalized spacial score (nSPS) is 8.63. The highest BCUT2D eigenvalue weighted by atomic mass is 16.4. The maximum atomic E-state index is 10.3. The lowest BCUT2D eigenvalue weighted by molar-refractivity contribution is -0.170. The third-order valence-corrected chi connectivity index (χ3v) is 3.86. The van der Waals surface area contributed by atoms with Crippen molar-refractivity contribution in [1.29, 1.82) is 0 Å². The minimum atomic E-state index is -2.74. The van der Waals surface area contributed by atoms with Crippen molar-refractivity contribution in [2.45, 2.75) is 55.3 Å². The molecule has 0 aromatic rings. The van der Waals surface area contributed by atoms with Crippen LogP contribution in [0.1, 0.15) is 38.5 Å². The summed E-state index contributed by atoms with van der Waals surface area (Å²) in [5.41, 5.74) is -8.22. The topological polar surface area (TPSA) is 711 Å². The van der Waals surface area contributed by atoms with Crippen LogP contribution in [0.5, 0.6) is 0 Å². The number of rotatable bonds is 15. The molecule has 0 amide bonds. The van der Waals surface area contributed by atoms with E-state index in [0.717, 1.165) is 0 Å². The first-order chi connectivity index (χ1) is 17.3. The molecule has 0 spiro atoms. The van der Waals surface area contributed by atoms with Crippen LogP contribution < -0.4 is 0 Å². The number of hydrogen-bond acceptors (Lipinski definition) is 12. The van der Waals surface area contributed by atoms with Gasteiger partial charge in [0, 0.05) is 0 Å². The number of aliphatic carboxylic acids is 9. The zero-order chi connectivity index (χ0) is 31.9. The number of hydrogen-bond donors (Lipinski definition) is 12. The highest BCUT2D eigenvalue weighted by molar-refractivity contribution is 5.89. The molecule has 31 heteroatoms. The second-order valence-electron chi connectivity index (χ2n) is 7.43. The Morgan fingerprint density at radius 1 is 0.265 bits per heavy atom. The first kappa shape index (κ1) is 84.5. The number of aliphatic hydroxyl groups is 3. The van der Waals surface area contributed by atoms with Gasteiger partial charge in [-0.05, 0) is 0 Å². The Balaban J connectivity index is -0.0000000327. The molecule has 0 unspecified atom stereocenters. The number of carboxylic acid groups (broad SMARTS) is 9. The molecule has 0 bridgehead atoms. The van der Waals surface area contributed by atoms with Gasteiger partial charge in [0.1, 0.15) is 0 Å². The second-order valence-corrected chi connectivity index (χ2v) is 7.43. The first-order valence-corrected chi connectivity index (χ1v) is 9.51. The van der Waals surface area contributed by atoms with Crippen LogP contribution in [-0.2, 0) is 43.2 Å². The third-order valence-electron chi connectivity index (χ3n) is 3.86. The third kappa shape index (κ3) is 38.8. The van der Waals surface area contributed by atoms with Gasteiger partial charge in [-0.15, -0.1) is 0 Å². The van der Waals surface area contributed by atoms with Gasteiger partial charge >= 0.3 is 53.7 Å². The Bertz CT molecular complexity index is 813. The van der Waals surface area contributed by atoms with E-state index in [0.29, 0.717) is 0 Å². The van der Waals surface area contributed by atoms with Gasteiger partial charge in [-0.25, -0.2) is 14.4 Å². The molecule has 0 heterocycles. The molecule has 31 nitrogen and oxygen atoms in total. The molecule has 0 rings (SSSR count). The van der Waals surface area contributed by atoms with E-state index >= 15 is 0 Å². The largest absolute Gasteiger partial charge is 0.481 e. The van der Waals surface area contributed by atoms with Gasteiger partial charge in [-0.1, -0.05) is 0 Å². The Morgan fingerprint density at radius 2 is 0.347 bits per heavy atom. The quantitative estimate of drug-likeness (QED) is 0.0738. The molecule has 32 N–H and O–H groups in total. The molecule has 0 saturated heterocycles. The van der Waals surface area contributed by atoms with E-state index in [4.69, 9.17) is 61.3 Å². The number of carbonyl (C=O) groups is 9. The fourth-order valence-electron chi connectivity index (χ4n) is 2.14. The van der Waals surface area contributed by atoms with Crippen LogP contribution in [0.2, 0.25) is 0 Å². The molecule has 0 atom stereocenters. The summed E-state index contributed by atoms with van der Waals surface area (Å²) in [7, 11) is 0. The zero-order valence-electron chi connectivity index (χ0n) is 24.3. The Morgan fingerprint density at radius 3 is 0.388 bits per heavy atom. The monoisotopic (exact) mass is 756 g/mol. The molecule has 0 radical (unpaired) electrons. The van der Waals surface area contributed by atoms with Crippen molar-refractivity contribution in [1.82, 2.24) is 0 Å². The minimum Gasteiger partial charge on any atom is -0.481 e. The Labute approximate surface area is 269 Å². The second kappa shape index (κ2) is 35.6. The molecule has 0 aromatic carbocycles. The maximum Gasteiger partial charge on any atom is 0.336 e. The predicted molar refractivity (Wildman–Crippen MR) is 147 cm³/mol. The minimum absolute atomic E-state index is 0. The molecule has 0 aliphatic heterocycles. The maximum absolute atomic E-state index is 10.3. The molecule has 49 heavy (non-hydrogen) atoms. The Kier molecular flexibility index (Phi) is 61.4. The molecular weight excluding hydrogens is 712 g/mol. The van der Waals surface area contributed by atoms with Gasteiger partial charge in [-0.2, -0.15) is 0 Å². The molecule has 0 aliphatic rings. The van der Waals surface area contributed by atoms with E-state index in [1.807, 2.05) is 0 Å². The van der Waals surface area contributed by atoms with E-state index in [9.17, 15) is 43.2 Å². The van der Waals surface area contributed by atoms with Gasteiger partial charge in [-0.3, -0.25) is 28.8 Å². The van der Waals surface area contributed by atoms with E-state index in [-0.39, 0.29) is 54.8 Å². The SMILES string of the molecule is O.O.O.O.O.O.O.O.O.O.O=C(O)CC(O)(CC(=O)O)C(=O)O.O=C(O)CC(O)(CC(=O)O)C(=O)O.O=C(O)CC(O)(CC(=O)O)C(=O)O. The summed E-state index contributed by atoms with van der Waals surface area (Å²) < 4.78 is 0. The van der Waals surface area contributed by atoms with Crippen molar-refractivity contribution in [2.24, 2.45) is 0 Å². The van der Waals surface area contributed by atoms with Crippen molar-refractivity contribution in [2.75, 3.05) is 0 Å². The van der Waals surface area contributed by atoms with E-state index < -0.39 is 109 Å². The lowest BCUT2D eigenvalue weighted by atomic mass is 9.96. The van der Waals surface area contributed by atoms with E-state index in [2.05, 4.69) is 0 Å². The van der Waals surface area contributed by atoms with Crippen molar-refractivity contribution in [3.8, 4) is 0 Å². The molecule has 0 fully saturated rings. The van der Waals surface area contributed by atoms with Crippen molar-refractivity contribution in [3.05, 3.63) is 0 Å². The molecule has 0 aliphatic carbocycles. The van der Waals surface area contributed by atoms with E-state index in [1.54, 1.807) is 0 Å². The molecule has 302 valence electrons. The lowest BCUT2D eigenvalue weighted by Crippen LogP contribution is -2.42. The van der Waals surface area contributed by atoms with Crippen molar-refractivity contribution in [3.63, 3.8) is 0 Å². The van der Waals surface area contributed by atoms with Crippen LogP contribution in [0.4, 0.5) is 0 Å². The fraction of sp³-hybridized carbons (Fsp3) is 0.500. The standard InChI is InChI=1S/3C6H8O7.10H2O/c3*7-3(8)1-6(13,5(11)12)2-4(9)10;;;;;;;;;;/h3*13H,1-2H2,(H,7,8)(H,9,10)(H,11,12);10*1H2. The van der Waals surface area contributed by atoms with Gasteiger partial charge in [0.15, 0.2) is 16.8 Å². The summed E-state index contributed by atoms with van der Waals surface area (Å²) in [6.07, 6.45) is -6.87. The summed E-state index contributed by atoms with van der Waals surface area (Å²) in [6.45, 7) is 0. The average molecular weight is 757 g/mol. The van der Waals surface area contributed by atoms with Crippen LogP contribution in [0.3, 0.4) is 0 Å². The van der Waals surface area contributed by atoms with Gasteiger partial charge in [0.2, 0.25) is 0 Å². The summed E-state index contributed by atoms with van der Waals surface area (Å²) in [6, 6.07) is 0. The van der Waals surface area contributed by atoms with Gasteiger partial charge in [0.25, 0.3) is 0 Å². The smallest absolute Gasteiger partial charge is 0.336 e. The van der Waals surface area contributed by atoms with Crippen LogP contribution in [-0.4, -0.2) is 187 Å². The highest BCUT2D eigenvalue weighted by Crippen LogP contribution is 2.17. The molecular formula is C18H44O31. The predicted octanol–water partition coefficient (Wildman–Crippen LogP) is -12.0. The molecule has 0 aromatic heterocycles. The summed E-state index contributed by atoms with van der Waals surface area (Å²) in [5.74, 6) is -15.1. The zero-order valence-corrected chi connectivity index (χ0v) is 24.3. The average Bonchev–Trinajstić information content (AvgIpc) is 2.64. The van der Waals surface area contributed by atoms with E-state index in [1.165, 1.54) is 0 Å². The number of carboxylic acids is 9. The van der Waals surface area contributed by atoms with Crippen LogP contribution in [0, 0.1) is 0 Å². The first-order valence-electron chi connectivity index (χ1n) is 9.51. The summed E-state index contributed by atoms with van der Waals surface area (Å²) in [4.78, 5) is 91.5. The van der Waals surface area contributed by atoms with Crippen molar-refractivity contribution >= 4 is 53.7 Å². The molecule has 0 saturated carbocycles. The van der Waals surface area contributed by atoms with Gasteiger partial charge in [0.05, 0.1) is 38.5 Å². The van der Waals surface area contributed by atoms with Crippen LogP contribution in [0.25, 0.3) is 0 Å². The Hall–Kier alpha value is -5.29. The summed E-state index contributed by atoms with van der Waals surface area (Å²) in [5, 5.41) is 101. The lowest BCUT2D eigenvalue weighted by Gasteiger charge is -2.18. The van der Waals surface area contributed by atoms with Crippen LogP contribution >= 0.6 is 0 Å². The van der Waals surface area contributed by atoms with Gasteiger partial charge < -0.3 is 116 Å². The highest BCUT2D eigenvalue weighted by Gasteiger charge is 2.42. The fourth-order valence-corrected chi connectivity index (χ4v) is 2.14. The summed E-state index contributed by atoms with van der Waals surface area (Å²) >= 11 is 0. The van der Waals surface area contributed by atoms with Crippen molar-refractivity contribution < 1.29 is 159 Å². The van der Waals surface area contributed by atoms with Crippen LogP contribution in [0.15, 0.2) is 0 Å².